The number of methoxy groups -OCH3 is 1. The zero-order valence-corrected chi connectivity index (χ0v) is 23.3. The summed E-state index contributed by atoms with van der Waals surface area (Å²) in [6.45, 7) is 0.415. The zero-order valence-electron chi connectivity index (χ0n) is 22.4. The summed E-state index contributed by atoms with van der Waals surface area (Å²) in [6.07, 6.45) is 7.27. The molecule has 0 spiro atoms. The minimum absolute atomic E-state index is 0.0433. The smallest absolute Gasteiger partial charge is 0.335 e. The van der Waals surface area contributed by atoms with E-state index in [4.69, 9.17) is 20.2 Å². The number of nitrogens with two attached hydrogens (primary N) is 1. The van der Waals surface area contributed by atoms with Gasteiger partial charge in [0.2, 0.25) is 0 Å². The van der Waals surface area contributed by atoms with Gasteiger partial charge in [-0.2, -0.15) is 14.7 Å². The van der Waals surface area contributed by atoms with E-state index in [2.05, 4.69) is 15.2 Å². The first-order chi connectivity index (χ1) is 19.0. The fourth-order valence-corrected chi connectivity index (χ4v) is 6.29. The van der Waals surface area contributed by atoms with Crippen LogP contribution in [0.4, 0.5) is 5.82 Å². The molecule has 0 aliphatic heterocycles. The highest BCUT2D eigenvalue weighted by Crippen LogP contribution is 2.43. The number of aryl methyl sites for hydroxylation is 1. The van der Waals surface area contributed by atoms with Gasteiger partial charge in [0.25, 0.3) is 0 Å². The minimum atomic E-state index is -3.79. The average molecular weight is 570 g/mol. The second kappa shape index (κ2) is 10.6. The van der Waals surface area contributed by atoms with Gasteiger partial charge >= 0.3 is 5.97 Å². The molecule has 13 nitrogen and oxygen atoms in total. The number of hydrogen-bond acceptors (Lipinski definition) is 10. The molecule has 40 heavy (non-hydrogen) atoms. The summed E-state index contributed by atoms with van der Waals surface area (Å²) in [7, 11) is -0.444. The van der Waals surface area contributed by atoms with E-state index in [9.17, 15) is 18.3 Å². The molecular weight excluding hydrogens is 538 g/mol. The number of ether oxygens (including phenoxy) is 2. The van der Waals surface area contributed by atoms with Crippen molar-refractivity contribution in [2.75, 3.05) is 32.3 Å². The van der Waals surface area contributed by atoms with E-state index < -0.39 is 21.4 Å². The first kappa shape index (κ1) is 27.7. The minimum Gasteiger partial charge on any atom is -0.479 e. The van der Waals surface area contributed by atoms with E-state index in [0.29, 0.717) is 35.4 Å². The Morgan fingerprint density at radius 3 is 2.50 bits per heavy atom. The van der Waals surface area contributed by atoms with Crippen LogP contribution in [0.1, 0.15) is 37.3 Å². The molecule has 1 aliphatic rings. The SMILES string of the molecule is COCCOC1(C(=O)O)CCC(c2nc3c(-c4ccc(-c5ccn(C)n5)nc4)cnn3c(N)c2S(C)(=O)=O)CC1. The van der Waals surface area contributed by atoms with Crippen molar-refractivity contribution in [3.63, 3.8) is 0 Å². The second-order valence-electron chi connectivity index (χ2n) is 10.00. The Morgan fingerprint density at radius 1 is 1.18 bits per heavy atom. The van der Waals surface area contributed by atoms with Crippen molar-refractivity contribution >= 4 is 27.3 Å². The number of nitrogen functional groups attached to an aromatic ring is 1. The molecule has 1 aliphatic carbocycles. The molecule has 0 unspecified atom stereocenters. The predicted molar refractivity (Wildman–Crippen MR) is 145 cm³/mol. The lowest BCUT2D eigenvalue weighted by atomic mass is 9.77. The molecule has 3 N–H and O–H groups in total. The Kier molecular flexibility index (Phi) is 7.33. The maximum atomic E-state index is 12.9. The van der Waals surface area contributed by atoms with Crippen molar-refractivity contribution in [1.29, 1.82) is 0 Å². The number of rotatable bonds is 9. The summed E-state index contributed by atoms with van der Waals surface area (Å²) in [6, 6.07) is 5.58. The Bertz CT molecular complexity index is 1650. The van der Waals surface area contributed by atoms with Crippen LogP contribution in [-0.4, -0.2) is 81.0 Å². The van der Waals surface area contributed by atoms with Gasteiger partial charge in [0.15, 0.2) is 21.1 Å². The molecule has 0 atom stereocenters. The lowest BCUT2D eigenvalue weighted by Crippen LogP contribution is -2.45. The fourth-order valence-electron chi connectivity index (χ4n) is 5.23. The second-order valence-corrected chi connectivity index (χ2v) is 12.0. The van der Waals surface area contributed by atoms with Gasteiger partial charge in [-0.05, 0) is 37.8 Å². The molecule has 0 amide bonds. The summed E-state index contributed by atoms with van der Waals surface area (Å²) in [5, 5.41) is 18.6. The molecule has 1 saturated carbocycles. The number of fused-ring (bicyclic) bond motifs is 1. The van der Waals surface area contributed by atoms with Crippen molar-refractivity contribution in [3.8, 4) is 22.5 Å². The molecule has 212 valence electrons. The predicted octanol–water partition coefficient (Wildman–Crippen LogP) is 2.32. The molecule has 4 aromatic heterocycles. The van der Waals surface area contributed by atoms with Gasteiger partial charge in [-0.15, -0.1) is 0 Å². The van der Waals surface area contributed by atoms with Crippen LogP contribution in [0.25, 0.3) is 28.2 Å². The molecule has 0 aromatic carbocycles. The van der Waals surface area contributed by atoms with Crippen LogP contribution in [0.3, 0.4) is 0 Å². The van der Waals surface area contributed by atoms with Crippen LogP contribution in [0, 0.1) is 0 Å². The van der Waals surface area contributed by atoms with Crippen LogP contribution in [0.2, 0.25) is 0 Å². The van der Waals surface area contributed by atoms with Gasteiger partial charge in [0.1, 0.15) is 16.4 Å². The molecular formula is C26H31N7O6S. The number of aromatic nitrogens is 6. The summed E-state index contributed by atoms with van der Waals surface area (Å²) >= 11 is 0. The van der Waals surface area contributed by atoms with Crippen molar-refractivity contribution in [2.45, 2.75) is 42.1 Å². The van der Waals surface area contributed by atoms with E-state index in [0.717, 1.165) is 17.5 Å². The monoisotopic (exact) mass is 569 g/mol. The maximum Gasteiger partial charge on any atom is 0.335 e. The van der Waals surface area contributed by atoms with E-state index in [-0.39, 0.29) is 42.7 Å². The first-order valence-corrected chi connectivity index (χ1v) is 14.6. The number of carboxylic acid groups (broad SMARTS) is 1. The van der Waals surface area contributed by atoms with Crippen LogP contribution in [0.5, 0.6) is 0 Å². The molecule has 0 saturated heterocycles. The van der Waals surface area contributed by atoms with Gasteiger partial charge in [0, 0.05) is 49.9 Å². The third-order valence-electron chi connectivity index (χ3n) is 7.32. The van der Waals surface area contributed by atoms with E-state index in [1.165, 1.54) is 11.6 Å². The summed E-state index contributed by atoms with van der Waals surface area (Å²) < 4.78 is 39.6. The number of aliphatic carboxylic acids is 1. The Balaban J connectivity index is 1.53. The highest BCUT2D eigenvalue weighted by atomic mass is 32.2. The van der Waals surface area contributed by atoms with Crippen LogP contribution < -0.4 is 5.73 Å². The third-order valence-corrected chi connectivity index (χ3v) is 8.48. The van der Waals surface area contributed by atoms with Crippen molar-refractivity contribution in [3.05, 3.63) is 42.5 Å². The van der Waals surface area contributed by atoms with E-state index in [1.807, 2.05) is 31.4 Å². The highest BCUT2D eigenvalue weighted by Gasteiger charge is 2.44. The maximum absolute atomic E-state index is 12.9. The molecule has 0 radical (unpaired) electrons. The standard InChI is InChI=1S/C26H31N7O6S/c1-32-11-8-20(31-32)19-5-4-17(14-28-19)18-15-29-33-23(27)22(40(3,36)37)21(30-24(18)33)16-6-9-26(10-7-16,25(34)35)39-13-12-38-2/h4-5,8,11,14-16H,6-7,9-10,12-13,27H2,1-3H3,(H,34,35). The van der Waals surface area contributed by atoms with E-state index >= 15 is 0 Å². The summed E-state index contributed by atoms with van der Waals surface area (Å²) in [4.78, 5) is 21.4. The fraction of sp³-hybridized carbons (Fsp3) is 0.423. The Labute approximate surface area is 230 Å². The normalized spacial score (nSPS) is 19.7. The number of anilines is 1. The van der Waals surface area contributed by atoms with Gasteiger partial charge in [-0.25, -0.2) is 18.2 Å². The van der Waals surface area contributed by atoms with Gasteiger partial charge in [-0.3, -0.25) is 9.67 Å². The number of hydrogen-bond donors (Lipinski definition) is 2. The largest absolute Gasteiger partial charge is 0.479 e. The lowest BCUT2D eigenvalue weighted by molar-refractivity contribution is -0.173. The number of sulfone groups is 1. The summed E-state index contributed by atoms with van der Waals surface area (Å²) in [5.41, 5.74) is 8.53. The van der Waals surface area contributed by atoms with Gasteiger partial charge in [-0.1, -0.05) is 6.07 Å². The van der Waals surface area contributed by atoms with Gasteiger partial charge < -0.3 is 20.3 Å². The molecule has 4 heterocycles. The Morgan fingerprint density at radius 2 is 1.93 bits per heavy atom. The lowest BCUT2D eigenvalue weighted by Gasteiger charge is -2.36. The van der Waals surface area contributed by atoms with Crippen LogP contribution in [-0.2, 0) is 31.2 Å². The first-order valence-electron chi connectivity index (χ1n) is 12.7. The Hall–Kier alpha value is -3.88. The van der Waals surface area contributed by atoms with Crippen LogP contribution in [0.15, 0.2) is 41.7 Å². The quantitative estimate of drug-likeness (QED) is 0.283. The zero-order chi connectivity index (χ0) is 28.7. The number of nitrogens with zero attached hydrogens (tertiary/aromatic N) is 6. The topological polar surface area (TPSA) is 177 Å². The highest BCUT2D eigenvalue weighted by molar-refractivity contribution is 7.91. The van der Waals surface area contributed by atoms with E-state index in [1.54, 1.807) is 17.1 Å². The number of carboxylic acids is 1. The van der Waals surface area contributed by atoms with Gasteiger partial charge in [0.05, 0.1) is 30.8 Å². The third kappa shape index (κ3) is 5.05. The number of carbonyl (C=O) groups is 1. The average Bonchev–Trinajstić information content (AvgIpc) is 3.55. The molecule has 5 rings (SSSR count). The molecule has 1 fully saturated rings. The molecule has 0 bridgehead atoms. The molecule has 14 heteroatoms. The van der Waals surface area contributed by atoms with Crippen molar-refractivity contribution in [2.24, 2.45) is 7.05 Å². The molecule has 4 aromatic rings. The summed E-state index contributed by atoms with van der Waals surface area (Å²) in [5.74, 6) is -1.44. The van der Waals surface area contributed by atoms with Crippen molar-refractivity contribution < 1.29 is 27.8 Å². The number of pyridine rings is 1. The van der Waals surface area contributed by atoms with Crippen molar-refractivity contribution in [1.82, 2.24) is 29.4 Å². The van der Waals surface area contributed by atoms with Crippen LogP contribution >= 0.6 is 0 Å².